The second-order valence-corrected chi connectivity index (χ2v) is 3.59. The third kappa shape index (κ3) is 5.60. The molecule has 1 amide bonds. The summed E-state index contributed by atoms with van der Waals surface area (Å²) >= 11 is 0. The van der Waals surface area contributed by atoms with Crippen molar-refractivity contribution in [3.63, 3.8) is 0 Å². The zero-order valence-electron chi connectivity index (χ0n) is 9.34. The van der Waals surface area contributed by atoms with Gasteiger partial charge in [0.15, 0.2) is 0 Å². The first-order chi connectivity index (χ1) is 6.61. The van der Waals surface area contributed by atoms with E-state index in [2.05, 4.69) is 16.1 Å². The molecule has 0 aromatic heterocycles. The monoisotopic (exact) mass is 196 g/mol. The Bertz CT molecular complexity index is 208. The molecule has 0 spiro atoms. The number of hydrogen-bond acceptors (Lipinski definition) is 2. The van der Waals surface area contributed by atoms with Gasteiger partial charge in [-0.2, -0.15) is 0 Å². The van der Waals surface area contributed by atoms with Crippen LogP contribution in [-0.2, 0) is 4.79 Å². The van der Waals surface area contributed by atoms with Crippen LogP contribution in [0, 0.1) is 18.3 Å². The molecule has 3 heteroatoms. The lowest BCUT2D eigenvalue weighted by Gasteiger charge is -2.19. The first-order valence-electron chi connectivity index (χ1n) is 4.95. The summed E-state index contributed by atoms with van der Waals surface area (Å²) in [6.45, 7) is 3.66. The summed E-state index contributed by atoms with van der Waals surface area (Å²) in [7, 11) is 3.67. The maximum atomic E-state index is 11.2. The average Bonchev–Trinajstić information content (AvgIpc) is 2.16. The molecule has 0 saturated carbocycles. The Hall–Kier alpha value is -1.01. The zero-order valence-corrected chi connectivity index (χ0v) is 9.34. The van der Waals surface area contributed by atoms with Gasteiger partial charge in [-0.25, -0.2) is 0 Å². The predicted octanol–water partition coefficient (Wildman–Crippen LogP) is 0.714. The highest BCUT2D eigenvalue weighted by molar-refractivity contribution is 5.78. The lowest BCUT2D eigenvalue weighted by molar-refractivity contribution is -0.124. The molecule has 1 N–H and O–H groups in total. The molecule has 3 nitrogen and oxygen atoms in total. The molecule has 0 radical (unpaired) electrons. The smallest absolute Gasteiger partial charge is 0.223 e. The van der Waals surface area contributed by atoms with Crippen LogP contribution in [-0.4, -0.2) is 38.0 Å². The van der Waals surface area contributed by atoms with Crippen molar-refractivity contribution in [2.75, 3.05) is 27.2 Å². The van der Waals surface area contributed by atoms with Crippen LogP contribution in [0.3, 0.4) is 0 Å². The number of hydrogen-bond donors (Lipinski definition) is 1. The minimum absolute atomic E-state index is 0.0378. The molecule has 0 rings (SSSR count). The molecule has 80 valence electrons. The third-order valence-corrected chi connectivity index (χ3v) is 2.14. The number of rotatable bonds is 6. The molecule has 0 bridgehead atoms. The van der Waals surface area contributed by atoms with Gasteiger partial charge in [-0.3, -0.25) is 4.79 Å². The fourth-order valence-corrected chi connectivity index (χ4v) is 1.34. The molecule has 0 aliphatic rings. The van der Waals surface area contributed by atoms with Crippen molar-refractivity contribution in [1.29, 1.82) is 0 Å². The number of unbranched alkanes of at least 4 members (excludes halogenated alkanes) is 1. The summed E-state index contributed by atoms with van der Waals surface area (Å²) in [4.78, 5) is 13.3. The second-order valence-electron chi connectivity index (χ2n) is 3.59. The van der Waals surface area contributed by atoms with E-state index in [-0.39, 0.29) is 11.8 Å². The van der Waals surface area contributed by atoms with Gasteiger partial charge in [-0.05, 0) is 20.0 Å². The largest absolute Gasteiger partial charge is 0.359 e. The molecule has 0 saturated heterocycles. The first kappa shape index (κ1) is 13.0. The third-order valence-electron chi connectivity index (χ3n) is 2.14. The van der Waals surface area contributed by atoms with Crippen LogP contribution in [0.15, 0.2) is 0 Å². The van der Waals surface area contributed by atoms with Crippen molar-refractivity contribution in [3.8, 4) is 12.3 Å². The Kier molecular flexibility index (Phi) is 6.87. The molecule has 14 heavy (non-hydrogen) atoms. The van der Waals surface area contributed by atoms with Crippen LogP contribution in [0.5, 0.6) is 0 Å². The van der Waals surface area contributed by atoms with Crippen molar-refractivity contribution in [1.82, 2.24) is 10.2 Å². The summed E-state index contributed by atoms with van der Waals surface area (Å²) in [5.74, 6) is 2.73. The highest BCUT2D eigenvalue weighted by Gasteiger charge is 2.12. The molecule has 0 fully saturated rings. The standard InChI is InChI=1S/C11H20N2O/c1-5-6-7-8-13(4)9-10(2)11(14)12-3/h1,10H,6-9H2,2-4H3,(H,12,14). The van der Waals surface area contributed by atoms with E-state index < -0.39 is 0 Å². The van der Waals surface area contributed by atoms with E-state index in [0.717, 1.165) is 25.9 Å². The molecule has 1 unspecified atom stereocenters. The summed E-state index contributed by atoms with van der Waals surface area (Å²) in [6.07, 6.45) is 6.95. The number of carbonyl (C=O) groups is 1. The van der Waals surface area contributed by atoms with Crippen LogP contribution in [0.4, 0.5) is 0 Å². The molecule has 0 aliphatic heterocycles. The normalized spacial score (nSPS) is 12.2. The highest BCUT2D eigenvalue weighted by atomic mass is 16.1. The molecule has 0 heterocycles. The maximum absolute atomic E-state index is 11.2. The van der Waals surface area contributed by atoms with Gasteiger partial charge in [0, 0.05) is 25.9 Å². The number of terminal acetylenes is 1. The van der Waals surface area contributed by atoms with Gasteiger partial charge >= 0.3 is 0 Å². The van der Waals surface area contributed by atoms with Gasteiger partial charge in [0.05, 0.1) is 0 Å². The summed E-state index contributed by atoms with van der Waals surface area (Å²) in [6, 6.07) is 0. The Morgan fingerprint density at radius 3 is 2.79 bits per heavy atom. The maximum Gasteiger partial charge on any atom is 0.223 e. The topological polar surface area (TPSA) is 32.3 Å². The van der Waals surface area contributed by atoms with Crippen LogP contribution in [0.25, 0.3) is 0 Å². The van der Waals surface area contributed by atoms with E-state index in [4.69, 9.17) is 6.42 Å². The fourth-order valence-electron chi connectivity index (χ4n) is 1.34. The van der Waals surface area contributed by atoms with E-state index >= 15 is 0 Å². The minimum atomic E-state index is 0.0378. The van der Waals surface area contributed by atoms with Gasteiger partial charge in [-0.15, -0.1) is 12.3 Å². The van der Waals surface area contributed by atoms with E-state index in [9.17, 15) is 4.79 Å². The van der Waals surface area contributed by atoms with Crippen molar-refractivity contribution in [2.45, 2.75) is 19.8 Å². The zero-order chi connectivity index (χ0) is 11.0. The van der Waals surface area contributed by atoms with Crippen molar-refractivity contribution in [3.05, 3.63) is 0 Å². The van der Waals surface area contributed by atoms with Crippen LogP contribution >= 0.6 is 0 Å². The lowest BCUT2D eigenvalue weighted by Crippen LogP contribution is -2.34. The molecule has 0 aromatic rings. The Morgan fingerprint density at radius 1 is 1.64 bits per heavy atom. The molecular formula is C11H20N2O. The fraction of sp³-hybridized carbons (Fsp3) is 0.727. The van der Waals surface area contributed by atoms with Crippen molar-refractivity contribution >= 4 is 5.91 Å². The Balaban J connectivity index is 3.66. The summed E-state index contributed by atoms with van der Waals surface area (Å²) in [5.41, 5.74) is 0. The summed E-state index contributed by atoms with van der Waals surface area (Å²) < 4.78 is 0. The van der Waals surface area contributed by atoms with E-state index in [0.29, 0.717) is 0 Å². The molecule has 1 atom stereocenters. The average molecular weight is 196 g/mol. The Labute approximate surface area is 86.9 Å². The van der Waals surface area contributed by atoms with Gasteiger partial charge in [0.1, 0.15) is 0 Å². The van der Waals surface area contributed by atoms with Crippen LogP contribution < -0.4 is 5.32 Å². The predicted molar refractivity (Wildman–Crippen MR) is 58.8 cm³/mol. The summed E-state index contributed by atoms with van der Waals surface area (Å²) in [5, 5.41) is 2.64. The highest BCUT2D eigenvalue weighted by Crippen LogP contribution is 1.99. The SMILES string of the molecule is C#CCCCN(C)CC(C)C(=O)NC. The quantitative estimate of drug-likeness (QED) is 0.501. The Morgan fingerprint density at radius 2 is 2.29 bits per heavy atom. The number of amides is 1. The van der Waals surface area contributed by atoms with E-state index in [1.165, 1.54) is 0 Å². The molecule has 0 aromatic carbocycles. The number of carbonyl (C=O) groups excluding carboxylic acids is 1. The van der Waals surface area contributed by atoms with Gasteiger partial charge in [0.2, 0.25) is 5.91 Å². The number of nitrogens with zero attached hydrogens (tertiary/aromatic N) is 1. The minimum Gasteiger partial charge on any atom is -0.359 e. The van der Waals surface area contributed by atoms with Crippen LogP contribution in [0.2, 0.25) is 0 Å². The molecular weight excluding hydrogens is 176 g/mol. The number of nitrogens with one attached hydrogen (secondary N) is 1. The van der Waals surface area contributed by atoms with E-state index in [1.807, 2.05) is 14.0 Å². The second kappa shape index (κ2) is 7.40. The van der Waals surface area contributed by atoms with Gasteiger partial charge in [-0.1, -0.05) is 6.92 Å². The first-order valence-corrected chi connectivity index (χ1v) is 4.95. The van der Waals surface area contributed by atoms with Crippen molar-refractivity contribution in [2.24, 2.45) is 5.92 Å². The van der Waals surface area contributed by atoms with E-state index in [1.54, 1.807) is 7.05 Å². The van der Waals surface area contributed by atoms with Crippen LogP contribution in [0.1, 0.15) is 19.8 Å². The molecule has 0 aliphatic carbocycles. The lowest BCUT2D eigenvalue weighted by atomic mass is 10.1. The van der Waals surface area contributed by atoms with Gasteiger partial charge in [0.25, 0.3) is 0 Å². The van der Waals surface area contributed by atoms with Crippen molar-refractivity contribution < 1.29 is 4.79 Å². The van der Waals surface area contributed by atoms with Gasteiger partial charge < -0.3 is 10.2 Å².